The molecule has 20 heavy (non-hydrogen) atoms. The monoisotopic (exact) mass is 285 g/mol. The highest BCUT2D eigenvalue weighted by Crippen LogP contribution is 2.32. The van der Waals surface area contributed by atoms with Crippen molar-refractivity contribution in [1.82, 2.24) is 0 Å². The smallest absolute Gasteiger partial charge is 0.0430 e. The Labute approximate surface area is 125 Å². The van der Waals surface area contributed by atoms with E-state index in [1.807, 2.05) is 11.3 Å². The Morgan fingerprint density at radius 1 is 1.10 bits per heavy atom. The number of hydrogen-bond donors (Lipinski definition) is 1. The molecule has 106 valence electrons. The van der Waals surface area contributed by atoms with Crippen LogP contribution in [0.2, 0.25) is 0 Å². The highest BCUT2D eigenvalue weighted by atomic mass is 32.1. The van der Waals surface area contributed by atoms with Crippen molar-refractivity contribution in [3.05, 3.63) is 56.8 Å². The van der Waals surface area contributed by atoms with Gasteiger partial charge in [-0.1, -0.05) is 36.2 Å². The molecule has 2 heteroatoms. The molecule has 0 fully saturated rings. The van der Waals surface area contributed by atoms with E-state index in [-0.39, 0.29) is 6.04 Å². The highest BCUT2D eigenvalue weighted by molar-refractivity contribution is 7.12. The summed E-state index contributed by atoms with van der Waals surface area (Å²) in [4.78, 5) is 2.97. The lowest BCUT2D eigenvalue weighted by atomic mass is 10.0. The van der Waals surface area contributed by atoms with Crippen LogP contribution in [0.1, 0.15) is 51.7 Å². The van der Waals surface area contributed by atoms with Gasteiger partial charge in [-0.05, 0) is 56.2 Å². The number of benzene rings is 1. The first kappa shape index (κ1) is 13.8. The molecule has 3 rings (SSSR count). The molecule has 2 N–H and O–H groups in total. The van der Waals surface area contributed by atoms with Crippen LogP contribution in [0.15, 0.2) is 30.3 Å². The predicted molar refractivity (Wildman–Crippen MR) is 87.4 cm³/mol. The van der Waals surface area contributed by atoms with Gasteiger partial charge in [0.05, 0.1) is 0 Å². The van der Waals surface area contributed by atoms with E-state index in [2.05, 4.69) is 37.3 Å². The zero-order valence-corrected chi connectivity index (χ0v) is 13.0. The van der Waals surface area contributed by atoms with Crippen LogP contribution in [0.4, 0.5) is 0 Å². The van der Waals surface area contributed by atoms with Gasteiger partial charge < -0.3 is 5.73 Å². The minimum atomic E-state index is 0.148. The summed E-state index contributed by atoms with van der Waals surface area (Å²) in [6.07, 6.45) is 7.53. The van der Waals surface area contributed by atoms with Gasteiger partial charge in [-0.25, -0.2) is 0 Å². The summed E-state index contributed by atoms with van der Waals surface area (Å²) in [6.45, 7) is 2.13. The molecule has 0 bridgehead atoms. The summed E-state index contributed by atoms with van der Waals surface area (Å²) in [5, 5.41) is 0. The van der Waals surface area contributed by atoms with E-state index < -0.39 is 0 Å². The topological polar surface area (TPSA) is 26.0 Å². The molecule has 0 aliphatic heterocycles. The zero-order chi connectivity index (χ0) is 13.9. The molecule has 1 aliphatic carbocycles. The Balaban J connectivity index is 1.73. The van der Waals surface area contributed by atoms with E-state index in [0.29, 0.717) is 0 Å². The maximum Gasteiger partial charge on any atom is 0.0430 e. The molecule has 1 unspecified atom stereocenters. The quantitative estimate of drug-likeness (QED) is 0.821. The normalized spacial score (nSPS) is 16.5. The summed E-state index contributed by atoms with van der Waals surface area (Å²) in [5.74, 6) is 0. The molecule has 1 atom stereocenters. The standard InChI is InChI=1S/C18H23NS/c1-13-7-9-14(10-8-13)11-16(19)18-12-15-5-3-2-4-6-17(15)20-18/h7-10,12,16H,2-6,11,19H2,1H3. The average molecular weight is 285 g/mol. The minimum Gasteiger partial charge on any atom is -0.323 e. The van der Waals surface area contributed by atoms with E-state index in [0.717, 1.165) is 6.42 Å². The van der Waals surface area contributed by atoms with E-state index in [1.54, 1.807) is 10.4 Å². The van der Waals surface area contributed by atoms with Crippen molar-refractivity contribution in [2.24, 2.45) is 5.73 Å². The largest absolute Gasteiger partial charge is 0.323 e. The molecule has 1 heterocycles. The van der Waals surface area contributed by atoms with Crippen LogP contribution < -0.4 is 5.73 Å². The van der Waals surface area contributed by atoms with Gasteiger partial charge in [0.2, 0.25) is 0 Å². The molecule has 1 aromatic carbocycles. The van der Waals surface area contributed by atoms with Gasteiger partial charge in [-0.3, -0.25) is 0 Å². The lowest BCUT2D eigenvalue weighted by molar-refractivity contribution is 0.709. The van der Waals surface area contributed by atoms with Crippen LogP contribution in [-0.4, -0.2) is 0 Å². The molecular formula is C18H23NS. The summed E-state index contributed by atoms with van der Waals surface area (Å²) in [5.41, 5.74) is 10.6. The third kappa shape index (κ3) is 3.13. The van der Waals surface area contributed by atoms with Crippen molar-refractivity contribution in [2.45, 2.75) is 51.5 Å². The van der Waals surface area contributed by atoms with Crippen LogP contribution in [0.5, 0.6) is 0 Å². The predicted octanol–water partition coefficient (Wildman–Crippen LogP) is 4.57. The Morgan fingerprint density at radius 2 is 1.85 bits per heavy atom. The first-order chi connectivity index (χ1) is 9.72. The van der Waals surface area contributed by atoms with E-state index in [9.17, 15) is 0 Å². The number of thiophene rings is 1. The lowest BCUT2D eigenvalue weighted by Crippen LogP contribution is -2.11. The highest BCUT2D eigenvalue weighted by Gasteiger charge is 2.16. The Kier molecular flexibility index (Phi) is 4.23. The molecule has 0 spiro atoms. The Hall–Kier alpha value is -1.12. The van der Waals surface area contributed by atoms with E-state index in [4.69, 9.17) is 5.73 Å². The SMILES string of the molecule is Cc1ccc(CC(N)c2cc3c(s2)CCCCC3)cc1. The maximum atomic E-state index is 6.43. The van der Waals surface area contributed by atoms with Crippen molar-refractivity contribution in [3.63, 3.8) is 0 Å². The summed E-state index contributed by atoms with van der Waals surface area (Å²) in [6, 6.07) is 11.3. The van der Waals surface area contributed by atoms with Crippen molar-refractivity contribution < 1.29 is 0 Å². The number of rotatable bonds is 3. The fraction of sp³-hybridized carbons (Fsp3) is 0.444. The second kappa shape index (κ2) is 6.11. The van der Waals surface area contributed by atoms with Gasteiger partial charge in [0.25, 0.3) is 0 Å². The molecular weight excluding hydrogens is 262 g/mol. The summed E-state index contributed by atoms with van der Waals surface area (Å²) in [7, 11) is 0. The zero-order valence-electron chi connectivity index (χ0n) is 12.2. The Bertz CT molecular complexity index is 544. The fourth-order valence-corrected chi connectivity index (χ4v) is 4.21. The molecule has 0 amide bonds. The van der Waals surface area contributed by atoms with Crippen LogP contribution in [0.3, 0.4) is 0 Å². The minimum absolute atomic E-state index is 0.148. The number of fused-ring (bicyclic) bond motifs is 1. The lowest BCUT2D eigenvalue weighted by Gasteiger charge is -2.10. The first-order valence-electron chi connectivity index (χ1n) is 7.65. The third-order valence-electron chi connectivity index (χ3n) is 4.21. The second-order valence-electron chi connectivity index (χ2n) is 5.95. The Morgan fingerprint density at radius 3 is 2.65 bits per heavy atom. The molecule has 1 nitrogen and oxygen atoms in total. The van der Waals surface area contributed by atoms with Gasteiger partial charge in [0, 0.05) is 15.8 Å². The molecule has 2 aromatic rings. The van der Waals surface area contributed by atoms with Crippen LogP contribution >= 0.6 is 11.3 Å². The van der Waals surface area contributed by atoms with Crippen molar-refractivity contribution in [1.29, 1.82) is 0 Å². The molecule has 0 saturated carbocycles. The van der Waals surface area contributed by atoms with E-state index in [1.165, 1.54) is 48.1 Å². The number of nitrogens with two attached hydrogens (primary N) is 1. The van der Waals surface area contributed by atoms with Crippen LogP contribution in [0, 0.1) is 6.92 Å². The third-order valence-corrected chi connectivity index (χ3v) is 5.58. The van der Waals surface area contributed by atoms with Gasteiger partial charge >= 0.3 is 0 Å². The molecule has 0 radical (unpaired) electrons. The van der Waals surface area contributed by atoms with Gasteiger partial charge in [-0.2, -0.15) is 0 Å². The van der Waals surface area contributed by atoms with Gasteiger partial charge in [0.15, 0.2) is 0 Å². The first-order valence-corrected chi connectivity index (χ1v) is 8.46. The van der Waals surface area contributed by atoms with Gasteiger partial charge in [-0.15, -0.1) is 11.3 Å². The number of hydrogen-bond acceptors (Lipinski definition) is 2. The number of aryl methyl sites for hydroxylation is 3. The molecule has 1 aromatic heterocycles. The maximum absolute atomic E-state index is 6.43. The second-order valence-corrected chi connectivity index (χ2v) is 7.12. The van der Waals surface area contributed by atoms with Crippen LogP contribution in [-0.2, 0) is 19.3 Å². The molecule has 1 aliphatic rings. The summed E-state index contributed by atoms with van der Waals surface area (Å²) >= 11 is 1.95. The molecule has 0 saturated heterocycles. The summed E-state index contributed by atoms with van der Waals surface area (Å²) < 4.78 is 0. The van der Waals surface area contributed by atoms with Crippen molar-refractivity contribution >= 4 is 11.3 Å². The van der Waals surface area contributed by atoms with Crippen LogP contribution in [0.25, 0.3) is 0 Å². The van der Waals surface area contributed by atoms with Crippen molar-refractivity contribution in [3.8, 4) is 0 Å². The van der Waals surface area contributed by atoms with Crippen molar-refractivity contribution in [2.75, 3.05) is 0 Å². The average Bonchev–Trinajstić information content (AvgIpc) is 2.73. The van der Waals surface area contributed by atoms with E-state index >= 15 is 0 Å². The fourth-order valence-electron chi connectivity index (χ4n) is 2.95. The van der Waals surface area contributed by atoms with Gasteiger partial charge in [0.1, 0.15) is 0 Å².